The summed E-state index contributed by atoms with van der Waals surface area (Å²) in [6.45, 7) is 2.81. The van der Waals surface area contributed by atoms with Gasteiger partial charge in [0.25, 0.3) is 11.8 Å². The largest absolute Gasteiger partial charge is 0.481 e. The van der Waals surface area contributed by atoms with Crippen molar-refractivity contribution in [3.05, 3.63) is 42.1 Å². The molecule has 46 heavy (non-hydrogen) atoms. The Morgan fingerprint density at radius 1 is 1.00 bits per heavy atom. The molecule has 1 aromatic heterocycles. The van der Waals surface area contributed by atoms with Gasteiger partial charge in [0.1, 0.15) is 12.1 Å². The number of ether oxygens (including phenoxy) is 1. The van der Waals surface area contributed by atoms with Crippen LogP contribution < -0.4 is 15.4 Å². The summed E-state index contributed by atoms with van der Waals surface area (Å²) < 4.78 is 7.18. The van der Waals surface area contributed by atoms with Gasteiger partial charge in [-0.2, -0.15) is 5.10 Å². The lowest BCUT2D eigenvalue weighted by Gasteiger charge is -2.35. The fourth-order valence-corrected chi connectivity index (χ4v) is 5.35. The number of piperazine rings is 1. The molecule has 0 unspecified atom stereocenters. The zero-order chi connectivity index (χ0) is 33.2. The molecular formula is C30H39N7O9. The minimum absolute atomic E-state index is 0.0640. The molecule has 0 aliphatic carbocycles. The number of carbonyl (C=O) groups is 6. The average Bonchev–Trinajstić information content (AvgIpc) is 3.73. The number of amides is 5. The normalized spacial score (nSPS) is 16.9. The second-order valence-corrected chi connectivity index (χ2v) is 11.0. The second-order valence-electron chi connectivity index (χ2n) is 11.0. The summed E-state index contributed by atoms with van der Waals surface area (Å²) in [6.07, 6.45) is 0.305. The third-order valence-corrected chi connectivity index (χ3v) is 7.79. The van der Waals surface area contributed by atoms with Gasteiger partial charge in [-0.1, -0.05) is 25.1 Å². The van der Waals surface area contributed by atoms with Crippen molar-refractivity contribution in [3.63, 3.8) is 0 Å². The van der Waals surface area contributed by atoms with E-state index in [-0.39, 0.29) is 50.1 Å². The molecule has 3 heterocycles. The Morgan fingerprint density at radius 3 is 2.35 bits per heavy atom. The number of carboxylic acid groups (broad SMARTS) is 2. The number of para-hydroxylation sites is 1. The summed E-state index contributed by atoms with van der Waals surface area (Å²) in [4.78, 5) is 79.0. The fraction of sp³-hybridized carbons (Fsp3) is 0.500. The van der Waals surface area contributed by atoms with Crippen molar-refractivity contribution in [3.8, 4) is 11.6 Å². The maximum absolute atomic E-state index is 13.4. The molecule has 0 spiro atoms. The molecule has 2 aliphatic heterocycles. The number of hydrogen-bond donors (Lipinski definition) is 4. The fourth-order valence-electron chi connectivity index (χ4n) is 5.35. The van der Waals surface area contributed by atoms with Gasteiger partial charge in [0.05, 0.1) is 5.69 Å². The molecule has 0 saturated carbocycles. The molecule has 16 heteroatoms. The van der Waals surface area contributed by atoms with Crippen molar-refractivity contribution in [2.24, 2.45) is 0 Å². The van der Waals surface area contributed by atoms with Crippen molar-refractivity contribution in [2.75, 3.05) is 45.9 Å². The third kappa shape index (κ3) is 8.51. The van der Waals surface area contributed by atoms with E-state index in [1.165, 1.54) is 25.4 Å². The predicted octanol–water partition coefficient (Wildman–Crippen LogP) is 0.554. The van der Waals surface area contributed by atoms with Crippen LogP contribution in [0, 0.1) is 0 Å². The first-order valence-corrected chi connectivity index (χ1v) is 15.2. The van der Waals surface area contributed by atoms with Crippen molar-refractivity contribution in [2.45, 2.75) is 51.1 Å². The molecule has 1 aromatic carbocycles. The van der Waals surface area contributed by atoms with Crippen LogP contribution in [0.15, 0.2) is 36.4 Å². The molecule has 2 fully saturated rings. The Kier molecular flexibility index (Phi) is 11.5. The number of hydrogen-bond acceptors (Lipinski definition) is 8. The van der Waals surface area contributed by atoms with Gasteiger partial charge in [0.15, 0.2) is 12.3 Å². The van der Waals surface area contributed by atoms with E-state index in [1.54, 1.807) is 30.3 Å². The summed E-state index contributed by atoms with van der Waals surface area (Å²) in [7, 11) is 0. The van der Waals surface area contributed by atoms with Crippen LogP contribution in [-0.2, 0) is 19.2 Å². The molecule has 2 saturated heterocycles. The van der Waals surface area contributed by atoms with E-state index in [9.17, 15) is 39.0 Å². The summed E-state index contributed by atoms with van der Waals surface area (Å²) >= 11 is 0. The average molecular weight is 642 g/mol. The summed E-state index contributed by atoms with van der Waals surface area (Å²) in [5.74, 6) is -3.01. The maximum atomic E-state index is 13.4. The van der Waals surface area contributed by atoms with E-state index in [2.05, 4.69) is 15.7 Å². The van der Waals surface area contributed by atoms with E-state index >= 15 is 0 Å². The maximum Gasteiger partial charge on any atom is 0.407 e. The highest BCUT2D eigenvalue weighted by atomic mass is 16.5. The molecule has 2 aliphatic rings. The number of aromatic nitrogens is 2. The molecule has 5 amide bonds. The van der Waals surface area contributed by atoms with Gasteiger partial charge < -0.3 is 40.3 Å². The highest BCUT2D eigenvalue weighted by molar-refractivity contribution is 5.96. The van der Waals surface area contributed by atoms with Crippen LogP contribution in [0.2, 0.25) is 0 Å². The van der Waals surface area contributed by atoms with Crippen molar-refractivity contribution in [1.29, 1.82) is 0 Å². The number of nitrogens with one attached hydrogen (secondary N) is 2. The van der Waals surface area contributed by atoms with E-state index in [1.807, 2.05) is 6.92 Å². The monoisotopic (exact) mass is 641 g/mol. The molecule has 0 bridgehead atoms. The molecule has 0 radical (unpaired) electrons. The Hall–Kier alpha value is -5.15. The van der Waals surface area contributed by atoms with Gasteiger partial charge in [-0.15, -0.1) is 0 Å². The number of rotatable bonds is 13. The number of benzene rings is 1. The van der Waals surface area contributed by atoms with Gasteiger partial charge in [-0.3, -0.25) is 24.0 Å². The standard InChI is InChI=1S/C30H39N7O9/c1-2-12-31-28(42)23-9-6-13-36(23)24(38)19-46-25-18-22(33-37(25)20-7-4-3-5-8-20)27(41)32-21(10-11-26(39)40)29(43)34-14-16-35(17-15-34)30(44)45/h3-5,7-8,18,21,23H,2,6,9-17,19H2,1H3,(H,31,42)(H,32,41)(H,39,40)(H,44,45)/t21-,23-/m0/s1. The first kappa shape index (κ1) is 33.7. The van der Waals surface area contributed by atoms with Crippen molar-refractivity contribution >= 4 is 35.7 Å². The number of likely N-dealkylation sites (tertiary alicyclic amines) is 1. The highest BCUT2D eigenvalue weighted by Gasteiger charge is 2.35. The lowest BCUT2D eigenvalue weighted by Crippen LogP contribution is -2.55. The lowest BCUT2D eigenvalue weighted by atomic mass is 10.1. The lowest BCUT2D eigenvalue weighted by molar-refractivity contribution is -0.140. The van der Waals surface area contributed by atoms with E-state index in [0.29, 0.717) is 31.6 Å². The van der Waals surface area contributed by atoms with Gasteiger partial charge in [0, 0.05) is 51.8 Å². The van der Waals surface area contributed by atoms with Crippen molar-refractivity contribution in [1.82, 2.24) is 35.1 Å². The Balaban J connectivity index is 1.49. The predicted molar refractivity (Wildman–Crippen MR) is 161 cm³/mol. The number of carbonyl (C=O) groups excluding carboxylic acids is 4. The van der Waals surface area contributed by atoms with Crippen molar-refractivity contribution < 1.29 is 43.7 Å². The summed E-state index contributed by atoms with van der Waals surface area (Å²) in [5.41, 5.74) is 0.380. The van der Waals surface area contributed by atoms with E-state index in [4.69, 9.17) is 4.74 Å². The number of carboxylic acids is 1. The molecule has 248 valence electrons. The minimum Gasteiger partial charge on any atom is -0.481 e. The van der Waals surface area contributed by atoms with Gasteiger partial charge in [-0.25, -0.2) is 9.48 Å². The Labute approximate surface area is 265 Å². The van der Waals surface area contributed by atoms with E-state index in [0.717, 1.165) is 6.42 Å². The van der Waals surface area contributed by atoms with Gasteiger partial charge in [0.2, 0.25) is 17.7 Å². The zero-order valence-electron chi connectivity index (χ0n) is 25.6. The second kappa shape index (κ2) is 15.7. The topological polar surface area (TPSA) is 204 Å². The van der Waals surface area contributed by atoms with Crippen LogP contribution in [0.1, 0.15) is 49.5 Å². The Morgan fingerprint density at radius 2 is 1.70 bits per heavy atom. The molecule has 2 atom stereocenters. The molecule has 16 nitrogen and oxygen atoms in total. The third-order valence-electron chi connectivity index (χ3n) is 7.79. The van der Waals surface area contributed by atoms with Crippen LogP contribution in [-0.4, -0.2) is 128 Å². The highest BCUT2D eigenvalue weighted by Crippen LogP contribution is 2.22. The number of aliphatic carboxylic acids is 1. The van der Waals surface area contributed by atoms with Gasteiger partial charge in [-0.05, 0) is 37.8 Å². The summed E-state index contributed by atoms with van der Waals surface area (Å²) in [6, 6.07) is 8.24. The minimum atomic E-state index is -1.21. The van der Waals surface area contributed by atoms with Gasteiger partial charge >= 0.3 is 12.1 Å². The SMILES string of the molecule is CCCNC(=O)[C@@H]1CCCN1C(=O)COc1cc(C(=O)N[C@@H](CCC(=O)O)C(=O)N2CCN(C(=O)O)CC2)nn1-c1ccccc1. The van der Waals surface area contributed by atoms with Crippen LogP contribution in [0.3, 0.4) is 0 Å². The zero-order valence-corrected chi connectivity index (χ0v) is 25.6. The smallest absolute Gasteiger partial charge is 0.407 e. The Bertz CT molecular complexity index is 1420. The molecule has 2 aromatic rings. The molecule has 4 N–H and O–H groups in total. The van der Waals surface area contributed by atoms with Crippen LogP contribution >= 0.6 is 0 Å². The quantitative estimate of drug-likeness (QED) is 0.239. The molecule has 4 rings (SSSR count). The van der Waals surface area contributed by atoms with E-state index < -0.39 is 54.9 Å². The number of nitrogens with zero attached hydrogens (tertiary/aromatic N) is 5. The first-order valence-electron chi connectivity index (χ1n) is 15.2. The summed E-state index contributed by atoms with van der Waals surface area (Å²) in [5, 5.41) is 28.2. The van der Waals surface area contributed by atoms with Crippen LogP contribution in [0.5, 0.6) is 5.88 Å². The van der Waals surface area contributed by atoms with Crippen LogP contribution in [0.25, 0.3) is 5.69 Å². The van der Waals surface area contributed by atoms with Crippen LogP contribution in [0.4, 0.5) is 4.79 Å². The first-order chi connectivity index (χ1) is 22.1. The molecular weight excluding hydrogens is 602 g/mol.